The number of furan rings is 1. The third-order valence-electron chi connectivity index (χ3n) is 3.80. The zero-order chi connectivity index (χ0) is 18.5. The van der Waals surface area contributed by atoms with Crippen molar-refractivity contribution in [1.82, 2.24) is 5.32 Å². The number of hydrogen-bond acceptors (Lipinski definition) is 3. The summed E-state index contributed by atoms with van der Waals surface area (Å²) in [5.41, 5.74) is 0.975. The van der Waals surface area contributed by atoms with Crippen molar-refractivity contribution in [3.05, 3.63) is 89.4 Å². The van der Waals surface area contributed by atoms with Crippen molar-refractivity contribution < 1.29 is 22.7 Å². The van der Waals surface area contributed by atoms with Crippen molar-refractivity contribution in [2.75, 3.05) is 0 Å². The lowest BCUT2D eigenvalue weighted by atomic mass is 10.1. The Morgan fingerprint density at radius 2 is 1.88 bits per heavy atom. The summed E-state index contributed by atoms with van der Waals surface area (Å²) in [6, 6.07) is 15.5. The second-order valence-electron chi connectivity index (χ2n) is 5.74. The zero-order valence-corrected chi connectivity index (χ0v) is 14.0. The molecule has 1 heterocycles. The predicted octanol–water partition coefficient (Wildman–Crippen LogP) is 4.63. The van der Waals surface area contributed by atoms with E-state index in [1.54, 1.807) is 6.07 Å². The highest BCUT2D eigenvalue weighted by Gasteiger charge is 2.15. The average Bonchev–Trinajstić information content (AvgIpc) is 3.11. The molecule has 0 saturated heterocycles. The minimum Gasteiger partial charge on any atom is -0.483 e. The standard InChI is InChI=1S/C20H17F2NO3/c1-13(14-5-3-2-4-6-14)23-20(24)19-10-8-16(26-19)12-25-18-9-7-15(21)11-17(18)22/h2-11,13H,12H2,1H3,(H,23,24)/t13-/m0/s1. The van der Waals surface area contributed by atoms with Gasteiger partial charge in [-0.2, -0.15) is 0 Å². The van der Waals surface area contributed by atoms with Crippen LogP contribution < -0.4 is 10.1 Å². The Bertz CT molecular complexity index is 893. The summed E-state index contributed by atoms with van der Waals surface area (Å²) in [4.78, 5) is 12.3. The van der Waals surface area contributed by atoms with Crippen LogP contribution in [0.4, 0.5) is 8.78 Å². The number of rotatable bonds is 6. The molecule has 1 atom stereocenters. The molecule has 26 heavy (non-hydrogen) atoms. The largest absolute Gasteiger partial charge is 0.483 e. The van der Waals surface area contributed by atoms with Crippen molar-refractivity contribution in [2.24, 2.45) is 0 Å². The third kappa shape index (κ3) is 4.27. The van der Waals surface area contributed by atoms with Gasteiger partial charge in [0.2, 0.25) is 0 Å². The van der Waals surface area contributed by atoms with Crippen LogP contribution in [0.1, 0.15) is 34.8 Å². The van der Waals surface area contributed by atoms with Crippen molar-refractivity contribution in [1.29, 1.82) is 0 Å². The van der Waals surface area contributed by atoms with Crippen LogP contribution in [0.25, 0.3) is 0 Å². The fourth-order valence-electron chi connectivity index (χ4n) is 2.41. The van der Waals surface area contributed by atoms with Gasteiger partial charge in [0.15, 0.2) is 17.3 Å². The molecule has 0 aliphatic heterocycles. The highest BCUT2D eigenvalue weighted by Crippen LogP contribution is 2.20. The van der Waals surface area contributed by atoms with Gasteiger partial charge in [-0.15, -0.1) is 0 Å². The first-order valence-corrected chi connectivity index (χ1v) is 8.05. The predicted molar refractivity (Wildman–Crippen MR) is 91.7 cm³/mol. The number of halogens is 2. The van der Waals surface area contributed by atoms with E-state index in [-0.39, 0.29) is 30.1 Å². The molecule has 0 saturated carbocycles. The lowest BCUT2D eigenvalue weighted by Crippen LogP contribution is -2.26. The number of nitrogens with one attached hydrogen (secondary N) is 1. The van der Waals surface area contributed by atoms with E-state index in [0.717, 1.165) is 17.7 Å². The van der Waals surface area contributed by atoms with Crippen LogP contribution in [0.3, 0.4) is 0 Å². The SMILES string of the molecule is C[C@H](NC(=O)c1ccc(COc2ccc(F)cc2F)o1)c1ccccc1. The van der Waals surface area contributed by atoms with Crippen molar-refractivity contribution in [3.63, 3.8) is 0 Å². The van der Waals surface area contributed by atoms with E-state index in [0.29, 0.717) is 5.76 Å². The first-order chi connectivity index (χ1) is 12.5. The molecule has 3 rings (SSSR count). The monoisotopic (exact) mass is 357 g/mol. The zero-order valence-electron chi connectivity index (χ0n) is 14.0. The van der Waals surface area contributed by atoms with Gasteiger partial charge in [0.05, 0.1) is 6.04 Å². The van der Waals surface area contributed by atoms with Gasteiger partial charge in [0.25, 0.3) is 5.91 Å². The molecule has 0 aliphatic carbocycles. The molecular weight excluding hydrogens is 340 g/mol. The second-order valence-corrected chi connectivity index (χ2v) is 5.74. The Balaban J connectivity index is 1.59. The Kier molecular flexibility index (Phi) is 5.31. The van der Waals surface area contributed by atoms with E-state index < -0.39 is 11.6 Å². The average molecular weight is 357 g/mol. The lowest BCUT2D eigenvalue weighted by Gasteiger charge is -2.13. The van der Waals surface area contributed by atoms with Crippen LogP contribution in [0.5, 0.6) is 5.75 Å². The van der Waals surface area contributed by atoms with Gasteiger partial charge in [-0.05, 0) is 36.8 Å². The van der Waals surface area contributed by atoms with Gasteiger partial charge in [-0.3, -0.25) is 4.79 Å². The molecule has 0 radical (unpaired) electrons. The number of carbonyl (C=O) groups is 1. The molecule has 134 valence electrons. The molecule has 6 heteroatoms. The number of ether oxygens (including phenoxy) is 1. The smallest absolute Gasteiger partial charge is 0.287 e. The molecule has 0 unspecified atom stereocenters. The molecule has 1 aromatic heterocycles. The van der Waals surface area contributed by atoms with Gasteiger partial charge in [-0.1, -0.05) is 30.3 Å². The Morgan fingerprint density at radius 1 is 1.12 bits per heavy atom. The molecule has 2 aromatic carbocycles. The van der Waals surface area contributed by atoms with Crippen LogP contribution >= 0.6 is 0 Å². The summed E-state index contributed by atoms with van der Waals surface area (Å²) < 4.78 is 37.1. The van der Waals surface area contributed by atoms with Crippen molar-refractivity contribution in [3.8, 4) is 5.75 Å². The van der Waals surface area contributed by atoms with E-state index in [1.165, 1.54) is 12.1 Å². The number of amides is 1. The van der Waals surface area contributed by atoms with E-state index in [1.807, 2.05) is 37.3 Å². The van der Waals surface area contributed by atoms with E-state index in [9.17, 15) is 13.6 Å². The first-order valence-electron chi connectivity index (χ1n) is 8.05. The van der Waals surface area contributed by atoms with Gasteiger partial charge in [0.1, 0.15) is 18.2 Å². The molecule has 0 aliphatic rings. The fourth-order valence-corrected chi connectivity index (χ4v) is 2.41. The normalized spacial score (nSPS) is 11.8. The minimum atomic E-state index is -0.800. The Labute approximate surface area is 149 Å². The van der Waals surface area contributed by atoms with Crippen molar-refractivity contribution in [2.45, 2.75) is 19.6 Å². The summed E-state index contributed by atoms with van der Waals surface area (Å²) in [6.45, 7) is 1.79. The molecule has 4 nitrogen and oxygen atoms in total. The van der Waals surface area contributed by atoms with Crippen LogP contribution in [0, 0.1) is 11.6 Å². The van der Waals surface area contributed by atoms with Gasteiger partial charge in [0, 0.05) is 6.07 Å². The maximum atomic E-state index is 13.5. The molecule has 0 spiro atoms. The molecule has 0 fully saturated rings. The fraction of sp³-hybridized carbons (Fsp3) is 0.150. The summed E-state index contributed by atoms with van der Waals surface area (Å²) in [7, 11) is 0. The van der Waals surface area contributed by atoms with Crippen LogP contribution in [-0.4, -0.2) is 5.91 Å². The van der Waals surface area contributed by atoms with Gasteiger partial charge < -0.3 is 14.5 Å². The summed E-state index contributed by atoms with van der Waals surface area (Å²) in [5.74, 6) is -1.45. The molecule has 1 amide bonds. The maximum absolute atomic E-state index is 13.5. The third-order valence-corrected chi connectivity index (χ3v) is 3.80. The Hall–Kier alpha value is -3.15. The first kappa shape index (κ1) is 17.7. The molecule has 0 bridgehead atoms. The number of hydrogen-bond donors (Lipinski definition) is 1. The topological polar surface area (TPSA) is 51.5 Å². The minimum absolute atomic E-state index is 0.0793. The summed E-state index contributed by atoms with van der Waals surface area (Å²) in [6.07, 6.45) is 0. The van der Waals surface area contributed by atoms with E-state index in [2.05, 4.69) is 5.32 Å². The summed E-state index contributed by atoms with van der Waals surface area (Å²) in [5, 5.41) is 2.84. The number of benzene rings is 2. The quantitative estimate of drug-likeness (QED) is 0.700. The molecular formula is C20H17F2NO3. The number of carbonyl (C=O) groups excluding carboxylic acids is 1. The van der Waals surface area contributed by atoms with Crippen LogP contribution in [0.2, 0.25) is 0 Å². The van der Waals surface area contributed by atoms with Crippen LogP contribution in [-0.2, 0) is 6.61 Å². The molecule has 1 N–H and O–H groups in total. The van der Waals surface area contributed by atoms with Crippen molar-refractivity contribution >= 4 is 5.91 Å². The molecule has 3 aromatic rings. The van der Waals surface area contributed by atoms with E-state index in [4.69, 9.17) is 9.15 Å². The Morgan fingerprint density at radius 3 is 2.62 bits per heavy atom. The highest BCUT2D eigenvalue weighted by atomic mass is 19.1. The maximum Gasteiger partial charge on any atom is 0.287 e. The highest BCUT2D eigenvalue weighted by molar-refractivity contribution is 5.91. The van der Waals surface area contributed by atoms with Crippen LogP contribution in [0.15, 0.2) is 65.1 Å². The second kappa shape index (κ2) is 7.82. The lowest BCUT2D eigenvalue weighted by molar-refractivity contribution is 0.0907. The summed E-state index contributed by atoms with van der Waals surface area (Å²) >= 11 is 0. The van der Waals surface area contributed by atoms with Gasteiger partial charge in [-0.25, -0.2) is 8.78 Å². The van der Waals surface area contributed by atoms with E-state index >= 15 is 0 Å². The van der Waals surface area contributed by atoms with Gasteiger partial charge >= 0.3 is 0 Å².